The van der Waals surface area contributed by atoms with E-state index in [9.17, 15) is 9.18 Å². The molecular formula is C11H14FNO2. The molecule has 0 N–H and O–H groups in total. The first-order valence-electron chi connectivity index (χ1n) is 4.83. The van der Waals surface area contributed by atoms with Crippen molar-refractivity contribution in [3.8, 4) is 0 Å². The Labute approximate surface area is 88.3 Å². The first-order chi connectivity index (χ1) is 7.02. The number of aromatic nitrogens is 1. The fourth-order valence-electron chi connectivity index (χ4n) is 0.909. The molecule has 0 aliphatic carbocycles. The molecule has 0 aliphatic rings. The number of pyridine rings is 1. The number of hydrogen-bond acceptors (Lipinski definition) is 3. The molecule has 0 spiro atoms. The lowest BCUT2D eigenvalue weighted by Gasteiger charge is -2.16. The van der Waals surface area contributed by atoms with Gasteiger partial charge < -0.3 is 4.74 Å². The number of hydrogen-bond donors (Lipinski definition) is 0. The third kappa shape index (κ3) is 3.01. The van der Waals surface area contributed by atoms with Crippen molar-refractivity contribution < 1.29 is 13.9 Å². The molecule has 0 aromatic carbocycles. The van der Waals surface area contributed by atoms with Crippen LogP contribution in [0.5, 0.6) is 0 Å². The van der Waals surface area contributed by atoms with Crippen LogP contribution >= 0.6 is 0 Å². The summed E-state index contributed by atoms with van der Waals surface area (Å²) in [7, 11) is 0. The van der Waals surface area contributed by atoms with Crippen molar-refractivity contribution in [2.45, 2.75) is 26.9 Å². The van der Waals surface area contributed by atoms with Gasteiger partial charge in [-0.1, -0.05) is 13.8 Å². The average molecular weight is 211 g/mol. The van der Waals surface area contributed by atoms with Gasteiger partial charge in [-0.05, 0) is 18.9 Å². The molecule has 4 heteroatoms. The summed E-state index contributed by atoms with van der Waals surface area (Å²) in [5.41, 5.74) is -0.0718. The largest absolute Gasteiger partial charge is 0.459 e. The fourth-order valence-corrected chi connectivity index (χ4v) is 0.909. The molecule has 1 aromatic rings. The summed E-state index contributed by atoms with van der Waals surface area (Å²) in [5.74, 6) is -1.09. The van der Waals surface area contributed by atoms with Crippen LogP contribution in [0.25, 0.3) is 0 Å². The van der Waals surface area contributed by atoms with E-state index in [0.717, 1.165) is 6.20 Å². The molecule has 0 radical (unpaired) electrons. The first kappa shape index (κ1) is 11.6. The summed E-state index contributed by atoms with van der Waals surface area (Å²) < 4.78 is 18.2. The third-order valence-electron chi connectivity index (χ3n) is 2.22. The first-order valence-corrected chi connectivity index (χ1v) is 4.83. The standard InChI is InChI=1S/C11H14FNO2/c1-7(2)8(3)15-11(14)9-4-5-13-6-10(9)12/h4-8H,1-3H3. The molecular weight excluding hydrogens is 197 g/mol. The van der Waals surface area contributed by atoms with Crippen molar-refractivity contribution >= 4 is 5.97 Å². The normalized spacial score (nSPS) is 12.6. The summed E-state index contributed by atoms with van der Waals surface area (Å²) in [6.07, 6.45) is 2.13. The minimum Gasteiger partial charge on any atom is -0.459 e. The average Bonchev–Trinajstić information content (AvgIpc) is 2.18. The molecule has 1 heterocycles. The number of carbonyl (C=O) groups is 1. The molecule has 3 nitrogen and oxygen atoms in total. The van der Waals surface area contributed by atoms with Gasteiger partial charge in [-0.15, -0.1) is 0 Å². The lowest BCUT2D eigenvalue weighted by molar-refractivity contribution is 0.0232. The Morgan fingerprint density at radius 3 is 2.67 bits per heavy atom. The van der Waals surface area contributed by atoms with Crippen LogP contribution in [0.4, 0.5) is 4.39 Å². The summed E-state index contributed by atoms with van der Waals surface area (Å²) in [5, 5.41) is 0. The van der Waals surface area contributed by atoms with Gasteiger partial charge in [0.05, 0.1) is 11.8 Å². The van der Waals surface area contributed by atoms with Crippen LogP contribution in [-0.4, -0.2) is 17.1 Å². The number of rotatable bonds is 3. The van der Waals surface area contributed by atoms with E-state index in [1.807, 2.05) is 13.8 Å². The molecule has 1 aromatic heterocycles. The molecule has 1 atom stereocenters. The van der Waals surface area contributed by atoms with Crippen LogP contribution in [0.15, 0.2) is 18.5 Å². The SMILES string of the molecule is CC(C)C(C)OC(=O)c1ccncc1F. The lowest BCUT2D eigenvalue weighted by atomic mass is 10.1. The van der Waals surface area contributed by atoms with Gasteiger partial charge in [0.25, 0.3) is 0 Å². The Balaban J connectivity index is 2.74. The molecule has 1 unspecified atom stereocenters. The minimum atomic E-state index is -0.654. The Morgan fingerprint density at radius 1 is 1.47 bits per heavy atom. The second kappa shape index (κ2) is 4.87. The highest BCUT2D eigenvalue weighted by Crippen LogP contribution is 2.11. The summed E-state index contributed by atoms with van der Waals surface area (Å²) in [6.45, 7) is 5.64. The number of nitrogens with zero attached hydrogens (tertiary/aromatic N) is 1. The predicted molar refractivity (Wildman–Crippen MR) is 53.9 cm³/mol. The third-order valence-corrected chi connectivity index (χ3v) is 2.22. The van der Waals surface area contributed by atoms with Crippen molar-refractivity contribution in [1.82, 2.24) is 4.98 Å². The topological polar surface area (TPSA) is 39.2 Å². The fraction of sp³-hybridized carbons (Fsp3) is 0.455. The molecule has 0 saturated carbocycles. The van der Waals surface area contributed by atoms with Crippen LogP contribution in [0.3, 0.4) is 0 Å². The van der Waals surface area contributed by atoms with Gasteiger partial charge in [0.2, 0.25) is 0 Å². The summed E-state index contributed by atoms with van der Waals surface area (Å²) >= 11 is 0. The number of ether oxygens (including phenoxy) is 1. The van der Waals surface area contributed by atoms with E-state index in [2.05, 4.69) is 4.98 Å². The van der Waals surface area contributed by atoms with Gasteiger partial charge in [-0.25, -0.2) is 9.18 Å². The zero-order valence-corrected chi connectivity index (χ0v) is 9.03. The van der Waals surface area contributed by atoms with Crippen LogP contribution in [0.1, 0.15) is 31.1 Å². The van der Waals surface area contributed by atoms with Gasteiger partial charge in [-0.3, -0.25) is 4.98 Å². The van der Waals surface area contributed by atoms with Crippen molar-refractivity contribution in [3.05, 3.63) is 29.8 Å². The highest BCUT2D eigenvalue weighted by molar-refractivity contribution is 5.89. The van der Waals surface area contributed by atoms with Gasteiger partial charge in [-0.2, -0.15) is 0 Å². The molecule has 1 rings (SSSR count). The van der Waals surface area contributed by atoms with Crippen LogP contribution in [0, 0.1) is 11.7 Å². The molecule has 82 valence electrons. The van der Waals surface area contributed by atoms with Crippen LogP contribution in [0.2, 0.25) is 0 Å². The predicted octanol–water partition coefficient (Wildman–Crippen LogP) is 2.42. The highest BCUT2D eigenvalue weighted by Gasteiger charge is 2.17. The van der Waals surface area contributed by atoms with E-state index in [0.29, 0.717) is 0 Å². The van der Waals surface area contributed by atoms with E-state index >= 15 is 0 Å². The second-order valence-corrected chi connectivity index (χ2v) is 3.71. The van der Waals surface area contributed by atoms with Crippen molar-refractivity contribution in [3.63, 3.8) is 0 Å². The quantitative estimate of drug-likeness (QED) is 0.721. The van der Waals surface area contributed by atoms with Gasteiger partial charge in [0, 0.05) is 6.20 Å². The Bertz CT molecular complexity index is 352. The zero-order chi connectivity index (χ0) is 11.4. The highest BCUT2D eigenvalue weighted by atomic mass is 19.1. The number of halogens is 1. The second-order valence-electron chi connectivity index (χ2n) is 3.71. The zero-order valence-electron chi connectivity index (χ0n) is 9.03. The molecule has 0 amide bonds. The number of esters is 1. The van der Waals surface area contributed by atoms with Crippen molar-refractivity contribution in [1.29, 1.82) is 0 Å². The van der Waals surface area contributed by atoms with E-state index < -0.39 is 11.8 Å². The van der Waals surface area contributed by atoms with Gasteiger partial charge >= 0.3 is 5.97 Å². The maximum Gasteiger partial charge on any atom is 0.341 e. The Morgan fingerprint density at radius 2 is 2.13 bits per heavy atom. The lowest BCUT2D eigenvalue weighted by Crippen LogP contribution is -2.20. The molecule has 15 heavy (non-hydrogen) atoms. The minimum absolute atomic E-state index is 0.0718. The summed E-state index contributed by atoms with van der Waals surface area (Å²) in [6, 6.07) is 1.31. The monoisotopic (exact) mass is 211 g/mol. The van der Waals surface area contributed by atoms with E-state index in [4.69, 9.17) is 4.74 Å². The van der Waals surface area contributed by atoms with E-state index in [1.165, 1.54) is 12.3 Å². The maximum absolute atomic E-state index is 13.1. The van der Waals surface area contributed by atoms with E-state index in [-0.39, 0.29) is 17.6 Å². The number of carbonyl (C=O) groups excluding carboxylic acids is 1. The van der Waals surface area contributed by atoms with Crippen LogP contribution < -0.4 is 0 Å². The van der Waals surface area contributed by atoms with Crippen LogP contribution in [-0.2, 0) is 4.74 Å². The van der Waals surface area contributed by atoms with Crippen molar-refractivity contribution in [2.75, 3.05) is 0 Å². The van der Waals surface area contributed by atoms with Gasteiger partial charge in [0.1, 0.15) is 6.10 Å². The smallest absolute Gasteiger partial charge is 0.341 e. The molecule has 0 bridgehead atoms. The Kier molecular flexibility index (Phi) is 3.77. The Hall–Kier alpha value is -1.45. The summed E-state index contributed by atoms with van der Waals surface area (Å²) in [4.78, 5) is 15.0. The van der Waals surface area contributed by atoms with Gasteiger partial charge in [0.15, 0.2) is 5.82 Å². The maximum atomic E-state index is 13.1. The molecule has 0 saturated heterocycles. The van der Waals surface area contributed by atoms with Crippen molar-refractivity contribution in [2.24, 2.45) is 5.92 Å². The van der Waals surface area contributed by atoms with E-state index in [1.54, 1.807) is 6.92 Å². The molecule has 0 fully saturated rings. The molecule has 0 aliphatic heterocycles.